The van der Waals surface area contributed by atoms with Gasteiger partial charge in [0.2, 0.25) is 0 Å². The summed E-state index contributed by atoms with van der Waals surface area (Å²) < 4.78 is 4.80. The van der Waals surface area contributed by atoms with Crippen LogP contribution in [-0.4, -0.2) is 38.2 Å². The topological polar surface area (TPSA) is 76.7 Å². The van der Waals surface area contributed by atoms with Crippen molar-refractivity contribution in [2.24, 2.45) is 0 Å². The van der Waals surface area contributed by atoms with E-state index in [0.717, 1.165) is 0 Å². The molecule has 0 amide bonds. The van der Waals surface area contributed by atoms with Gasteiger partial charge in [0.25, 0.3) is 0 Å². The normalized spacial score (nSPS) is 14.3. The number of ether oxygens (including phenoxy) is 1. The molecule has 0 rings (SSSR count). The minimum Gasteiger partial charge on any atom is -0.449 e. The summed E-state index contributed by atoms with van der Waals surface area (Å²) in [6, 6.07) is -0.445. The maximum atomic E-state index is 11.2. The fourth-order valence-corrected chi connectivity index (χ4v) is 0.626. The van der Waals surface area contributed by atoms with E-state index in [0.29, 0.717) is 0 Å². The third-order valence-electron chi connectivity index (χ3n) is 1.61. The fourth-order valence-electron chi connectivity index (χ4n) is 0.626. The Kier molecular flexibility index (Phi) is 5.82. The molecular weight excluding hydrogens is 188 g/mol. The van der Waals surface area contributed by atoms with Gasteiger partial charge in [-0.15, -0.1) is 0 Å². The van der Waals surface area contributed by atoms with E-state index < -0.39 is 24.1 Å². The van der Waals surface area contributed by atoms with Crippen molar-refractivity contribution < 1.29 is 19.2 Å². The number of hydrogen-bond acceptors (Lipinski definition) is 6. The van der Waals surface area contributed by atoms with Crippen molar-refractivity contribution in [3.8, 4) is 0 Å². The van der Waals surface area contributed by atoms with Crippen LogP contribution < -0.4 is 10.8 Å². The van der Waals surface area contributed by atoms with Crippen LogP contribution in [0.1, 0.15) is 13.8 Å². The molecule has 0 aromatic carbocycles. The molecule has 0 aromatic rings. The van der Waals surface area contributed by atoms with Gasteiger partial charge in [0.15, 0.2) is 6.10 Å². The van der Waals surface area contributed by atoms with Gasteiger partial charge < -0.3 is 14.9 Å². The van der Waals surface area contributed by atoms with E-state index in [9.17, 15) is 9.59 Å². The lowest BCUT2D eigenvalue weighted by Gasteiger charge is -2.14. The summed E-state index contributed by atoms with van der Waals surface area (Å²) in [5, 5.41) is 2.70. The number of carbonyl (C=O) groups excluding carboxylic acids is 2. The van der Waals surface area contributed by atoms with Gasteiger partial charge in [-0.25, -0.2) is 4.79 Å². The van der Waals surface area contributed by atoms with Gasteiger partial charge in [0.1, 0.15) is 6.04 Å². The van der Waals surface area contributed by atoms with E-state index in [1.807, 2.05) is 0 Å². The summed E-state index contributed by atoms with van der Waals surface area (Å²) in [6.07, 6.45) is -0.911. The minimum atomic E-state index is -0.911. The number of esters is 1. The van der Waals surface area contributed by atoms with E-state index in [2.05, 4.69) is 15.6 Å². The molecule has 0 fully saturated rings. The van der Waals surface area contributed by atoms with E-state index in [4.69, 9.17) is 4.74 Å². The summed E-state index contributed by atoms with van der Waals surface area (Å²) in [7, 11) is 3.07. The first-order valence-electron chi connectivity index (χ1n) is 4.28. The predicted molar refractivity (Wildman–Crippen MR) is 49.2 cm³/mol. The molecule has 0 spiro atoms. The highest BCUT2D eigenvalue weighted by atomic mass is 16.7. The average molecular weight is 204 g/mol. The SMILES string of the molecule is CNOC(=O)[C@@H](C)OC(=O)[C@@H](C)NC. The fraction of sp³-hybridized carbons (Fsp3) is 0.750. The van der Waals surface area contributed by atoms with Crippen LogP contribution in [-0.2, 0) is 19.2 Å². The first-order valence-corrected chi connectivity index (χ1v) is 4.28. The zero-order valence-corrected chi connectivity index (χ0v) is 8.79. The third kappa shape index (κ3) is 4.20. The summed E-state index contributed by atoms with van der Waals surface area (Å²) in [6.45, 7) is 3.08. The second-order valence-corrected chi connectivity index (χ2v) is 2.71. The van der Waals surface area contributed by atoms with E-state index in [1.165, 1.54) is 14.0 Å². The minimum absolute atomic E-state index is 0.445. The Morgan fingerprint density at radius 2 is 1.71 bits per heavy atom. The Labute approximate surface area is 82.9 Å². The Morgan fingerprint density at radius 1 is 1.14 bits per heavy atom. The maximum absolute atomic E-state index is 11.2. The van der Waals surface area contributed by atoms with E-state index >= 15 is 0 Å². The molecule has 0 saturated heterocycles. The first kappa shape index (κ1) is 12.9. The van der Waals surface area contributed by atoms with Crippen molar-refractivity contribution in [1.29, 1.82) is 0 Å². The highest BCUT2D eigenvalue weighted by Crippen LogP contribution is 1.96. The zero-order chi connectivity index (χ0) is 11.1. The third-order valence-corrected chi connectivity index (χ3v) is 1.61. The van der Waals surface area contributed by atoms with E-state index in [-0.39, 0.29) is 0 Å². The van der Waals surface area contributed by atoms with Gasteiger partial charge in [-0.05, 0) is 20.9 Å². The molecule has 0 heterocycles. The highest BCUT2D eigenvalue weighted by molar-refractivity contribution is 5.81. The van der Waals surface area contributed by atoms with Gasteiger partial charge in [0, 0.05) is 7.05 Å². The van der Waals surface area contributed by atoms with Crippen LogP contribution in [0.4, 0.5) is 0 Å². The molecule has 6 nitrogen and oxygen atoms in total. The molecule has 14 heavy (non-hydrogen) atoms. The molecule has 0 unspecified atom stereocenters. The Morgan fingerprint density at radius 3 is 2.14 bits per heavy atom. The smallest absolute Gasteiger partial charge is 0.365 e. The molecule has 0 bridgehead atoms. The van der Waals surface area contributed by atoms with Crippen LogP contribution in [0.15, 0.2) is 0 Å². The molecule has 0 aromatic heterocycles. The van der Waals surface area contributed by atoms with Crippen molar-refractivity contribution >= 4 is 11.9 Å². The summed E-state index contributed by atoms with van der Waals surface area (Å²) in [5.74, 6) is -1.13. The van der Waals surface area contributed by atoms with Crippen molar-refractivity contribution in [3.63, 3.8) is 0 Å². The summed E-state index contributed by atoms with van der Waals surface area (Å²) in [4.78, 5) is 26.6. The predicted octanol–water partition coefficient (Wildman–Crippen LogP) is -0.796. The van der Waals surface area contributed by atoms with Crippen LogP contribution in [0.25, 0.3) is 0 Å². The quantitative estimate of drug-likeness (QED) is 0.451. The number of likely N-dealkylation sites (N-methyl/N-ethyl adjacent to an activating group) is 1. The standard InChI is InChI=1S/C8H16N2O4/c1-5(9-3)7(11)13-6(2)8(12)14-10-4/h5-6,9-10H,1-4H3/t5-,6-/m1/s1. The number of nitrogens with one attached hydrogen (secondary N) is 2. The van der Waals surface area contributed by atoms with Gasteiger partial charge in [-0.1, -0.05) is 0 Å². The van der Waals surface area contributed by atoms with Gasteiger partial charge in [-0.3, -0.25) is 4.79 Å². The summed E-state index contributed by atoms with van der Waals surface area (Å²) >= 11 is 0. The van der Waals surface area contributed by atoms with Crippen LogP contribution >= 0.6 is 0 Å². The largest absolute Gasteiger partial charge is 0.449 e. The lowest BCUT2D eigenvalue weighted by molar-refractivity contribution is -0.171. The molecular formula is C8H16N2O4. The molecule has 82 valence electrons. The van der Waals surface area contributed by atoms with Gasteiger partial charge in [-0.2, -0.15) is 5.48 Å². The van der Waals surface area contributed by atoms with Crippen molar-refractivity contribution in [2.45, 2.75) is 26.0 Å². The summed E-state index contributed by atoms with van der Waals surface area (Å²) in [5.41, 5.74) is 2.21. The van der Waals surface area contributed by atoms with Crippen LogP contribution in [0.3, 0.4) is 0 Å². The maximum Gasteiger partial charge on any atom is 0.365 e. The van der Waals surface area contributed by atoms with Crippen LogP contribution in [0.2, 0.25) is 0 Å². The Hall–Kier alpha value is -1.14. The van der Waals surface area contributed by atoms with Gasteiger partial charge >= 0.3 is 11.9 Å². The number of hydrogen-bond donors (Lipinski definition) is 2. The second-order valence-electron chi connectivity index (χ2n) is 2.71. The molecule has 2 atom stereocenters. The molecule has 0 radical (unpaired) electrons. The monoisotopic (exact) mass is 204 g/mol. The zero-order valence-electron chi connectivity index (χ0n) is 8.79. The number of rotatable bonds is 5. The molecule has 2 N–H and O–H groups in total. The Balaban J connectivity index is 3.99. The molecule has 0 aliphatic carbocycles. The molecule has 6 heteroatoms. The first-order chi connectivity index (χ1) is 6.52. The van der Waals surface area contributed by atoms with Crippen molar-refractivity contribution in [2.75, 3.05) is 14.1 Å². The van der Waals surface area contributed by atoms with Crippen LogP contribution in [0.5, 0.6) is 0 Å². The van der Waals surface area contributed by atoms with Crippen LogP contribution in [0, 0.1) is 0 Å². The highest BCUT2D eigenvalue weighted by Gasteiger charge is 2.21. The van der Waals surface area contributed by atoms with Crippen molar-refractivity contribution in [3.05, 3.63) is 0 Å². The van der Waals surface area contributed by atoms with Crippen molar-refractivity contribution in [1.82, 2.24) is 10.8 Å². The number of hydroxylamine groups is 1. The van der Waals surface area contributed by atoms with Gasteiger partial charge in [0.05, 0.1) is 0 Å². The average Bonchev–Trinajstić information content (AvgIpc) is 2.16. The lowest BCUT2D eigenvalue weighted by atomic mass is 10.3. The van der Waals surface area contributed by atoms with E-state index in [1.54, 1.807) is 14.0 Å². The molecule has 0 aliphatic heterocycles. The lowest BCUT2D eigenvalue weighted by Crippen LogP contribution is -2.37. The number of carbonyl (C=O) groups is 2. The Bertz CT molecular complexity index is 208. The second kappa shape index (κ2) is 6.33. The molecule has 0 aliphatic rings. The molecule has 0 saturated carbocycles.